The smallest absolute Gasteiger partial charge is 0.172 e. The number of hydrogen-bond acceptors (Lipinski definition) is 3. The summed E-state index contributed by atoms with van der Waals surface area (Å²) in [4.78, 5) is 16.0. The minimum Gasteiger partial charge on any atom is -0.482 e. The van der Waals surface area contributed by atoms with Crippen LogP contribution >= 0.6 is 31.9 Å². The summed E-state index contributed by atoms with van der Waals surface area (Å²) < 4.78 is 7.36. The lowest BCUT2D eigenvalue weighted by molar-refractivity contribution is -0.123. The average Bonchev–Trinajstić information content (AvgIpc) is 2.38. The van der Waals surface area contributed by atoms with Crippen LogP contribution in [0.4, 0.5) is 0 Å². The second-order valence-corrected chi connectivity index (χ2v) is 6.19. The van der Waals surface area contributed by atoms with Gasteiger partial charge in [-0.25, -0.2) is 0 Å². The van der Waals surface area contributed by atoms with E-state index in [0.717, 1.165) is 19.8 Å². The van der Waals surface area contributed by atoms with E-state index in [4.69, 9.17) is 4.74 Å². The number of Topliss-reactive ketones (excluding diaryl/α,β-unsaturated/α-hetero) is 1. The van der Waals surface area contributed by atoms with Crippen molar-refractivity contribution < 1.29 is 9.53 Å². The number of halogens is 2. The number of ketones is 1. The van der Waals surface area contributed by atoms with Crippen LogP contribution in [0.5, 0.6) is 5.75 Å². The number of hydrogen-bond donors (Lipinski definition) is 0. The van der Waals surface area contributed by atoms with E-state index in [1.807, 2.05) is 32.0 Å². The first kappa shape index (κ1) is 14.5. The second-order valence-electron chi connectivity index (χ2n) is 4.48. The van der Waals surface area contributed by atoms with Gasteiger partial charge in [-0.1, -0.05) is 35.8 Å². The number of ether oxygens (including phenoxy) is 1. The van der Waals surface area contributed by atoms with Crippen molar-refractivity contribution >= 4 is 48.5 Å². The molecule has 0 aliphatic heterocycles. The molecule has 5 heteroatoms. The first-order valence-corrected chi connectivity index (χ1v) is 7.47. The molecule has 0 radical (unpaired) electrons. The van der Waals surface area contributed by atoms with Crippen LogP contribution in [0.1, 0.15) is 13.8 Å². The number of carbonyl (C=O) groups excluding carboxylic acids is 1. The summed E-state index contributed by atoms with van der Waals surface area (Å²) in [5.74, 6) is 0.639. The van der Waals surface area contributed by atoms with Gasteiger partial charge in [0.05, 0.1) is 4.47 Å². The quantitative estimate of drug-likeness (QED) is 0.783. The van der Waals surface area contributed by atoms with E-state index in [1.165, 1.54) is 0 Å². The maximum Gasteiger partial charge on any atom is 0.172 e. The minimum atomic E-state index is -0.0338. The van der Waals surface area contributed by atoms with Crippen LogP contribution in [0, 0.1) is 5.92 Å². The van der Waals surface area contributed by atoms with E-state index in [9.17, 15) is 4.79 Å². The normalized spacial score (nSPS) is 11.0. The molecule has 0 aliphatic rings. The average molecular weight is 387 g/mol. The van der Waals surface area contributed by atoms with Gasteiger partial charge in [0.15, 0.2) is 11.5 Å². The predicted molar refractivity (Wildman–Crippen MR) is 82.5 cm³/mol. The van der Waals surface area contributed by atoms with Gasteiger partial charge in [0.1, 0.15) is 12.1 Å². The molecule has 2 aromatic rings. The largest absolute Gasteiger partial charge is 0.482 e. The highest BCUT2D eigenvalue weighted by atomic mass is 79.9. The Morgan fingerprint density at radius 3 is 2.79 bits per heavy atom. The van der Waals surface area contributed by atoms with Gasteiger partial charge in [-0.2, -0.15) is 0 Å². The van der Waals surface area contributed by atoms with E-state index in [2.05, 4.69) is 36.8 Å². The van der Waals surface area contributed by atoms with E-state index >= 15 is 0 Å². The summed E-state index contributed by atoms with van der Waals surface area (Å²) >= 11 is 6.94. The Balaban J connectivity index is 2.40. The minimum absolute atomic E-state index is 0.0338. The van der Waals surface area contributed by atoms with Gasteiger partial charge in [-0.15, -0.1) is 0 Å². The monoisotopic (exact) mass is 385 g/mol. The fourth-order valence-corrected chi connectivity index (χ4v) is 2.98. The fraction of sp³-hybridized carbons (Fsp3) is 0.286. The van der Waals surface area contributed by atoms with Gasteiger partial charge in [-0.3, -0.25) is 9.78 Å². The molecule has 2 rings (SSSR count). The molecule has 0 saturated carbocycles. The topological polar surface area (TPSA) is 39.2 Å². The highest BCUT2D eigenvalue weighted by molar-refractivity contribution is 9.11. The Morgan fingerprint density at radius 1 is 1.37 bits per heavy atom. The van der Waals surface area contributed by atoms with Crippen molar-refractivity contribution in [2.24, 2.45) is 5.92 Å². The first-order chi connectivity index (χ1) is 9.00. The number of pyridine rings is 1. The molecule has 100 valence electrons. The molecule has 0 aliphatic carbocycles. The second kappa shape index (κ2) is 6.01. The molecular formula is C14H13Br2NO2. The lowest BCUT2D eigenvalue weighted by Crippen LogP contribution is -2.17. The Hall–Kier alpha value is -0.940. The lowest BCUT2D eigenvalue weighted by Gasteiger charge is -2.12. The standard InChI is InChI=1S/C14H13Br2NO2/c1-8(2)12(18)7-19-14-11(16)6-10(15)9-4-3-5-17-13(9)14/h3-6,8H,7H2,1-2H3. The van der Waals surface area contributed by atoms with Crippen molar-refractivity contribution in [3.8, 4) is 5.75 Å². The molecule has 0 atom stereocenters. The van der Waals surface area contributed by atoms with Crippen molar-refractivity contribution in [2.75, 3.05) is 6.61 Å². The maximum absolute atomic E-state index is 11.7. The van der Waals surface area contributed by atoms with Crippen LogP contribution in [0.25, 0.3) is 10.9 Å². The third kappa shape index (κ3) is 3.15. The Kier molecular flexibility index (Phi) is 4.58. The van der Waals surface area contributed by atoms with Crippen LogP contribution in [0.3, 0.4) is 0 Å². The van der Waals surface area contributed by atoms with Crippen molar-refractivity contribution in [3.05, 3.63) is 33.3 Å². The summed E-state index contributed by atoms with van der Waals surface area (Å²) in [6.45, 7) is 3.78. The zero-order chi connectivity index (χ0) is 14.0. The van der Waals surface area contributed by atoms with Crippen LogP contribution in [-0.4, -0.2) is 17.4 Å². The zero-order valence-corrected chi connectivity index (χ0v) is 13.8. The molecule has 0 saturated heterocycles. The molecule has 0 unspecified atom stereocenters. The van der Waals surface area contributed by atoms with Crippen molar-refractivity contribution in [2.45, 2.75) is 13.8 Å². The maximum atomic E-state index is 11.7. The number of nitrogens with zero attached hydrogens (tertiary/aromatic N) is 1. The molecule has 0 bridgehead atoms. The van der Waals surface area contributed by atoms with Crippen LogP contribution < -0.4 is 4.74 Å². The van der Waals surface area contributed by atoms with Gasteiger partial charge in [-0.05, 0) is 28.1 Å². The van der Waals surface area contributed by atoms with Crippen LogP contribution in [0.2, 0.25) is 0 Å². The lowest BCUT2D eigenvalue weighted by atomic mass is 10.1. The molecule has 19 heavy (non-hydrogen) atoms. The van der Waals surface area contributed by atoms with Crippen molar-refractivity contribution in [1.82, 2.24) is 4.98 Å². The van der Waals surface area contributed by atoms with Gasteiger partial charge >= 0.3 is 0 Å². The van der Waals surface area contributed by atoms with E-state index in [-0.39, 0.29) is 18.3 Å². The third-order valence-electron chi connectivity index (χ3n) is 2.75. The molecule has 0 amide bonds. The molecule has 3 nitrogen and oxygen atoms in total. The summed E-state index contributed by atoms with van der Waals surface area (Å²) in [5, 5.41) is 0.956. The van der Waals surface area contributed by atoms with Gasteiger partial charge in [0, 0.05) is 22.0 Å². The number of carbonyl (C=O) groups is 1. The van der Waals surface area contributed by atoms with Crippen molar-refractivity contribution in [1.29, 1.82) is 0 Å². The molecule has 0 N–H and O–H groups in total. The Labute approximate surface area is 128 Å². The van der Waals surface area contributed by atoms with E-state index < -0.39 is 0 Å². The SMILES string of the molecule is CC(C)C(=O)COc1c(Br)cc(Br)c2cccnc12. The van der Waals surface area contributed by atoms with Crippen LogP contribution in [-0.2, 0) is 4.79 Å². The number of rotatable bonds is 4. The zero-order valence-electron chi connectivity index (χ0n) is 10.6. The van der Waals surface area contributed by atoms with E-state index in [1.54, 1.807) is 6.20 Å². The first-order valence-electron chi connectivity index (χ1n) is 5.89. The Bertz CT molecular complexity index is 626. The third-order valence-corrected chi connectivity index (χ3v) is 4.00. The summed E-state index contributed by atoms with van der Waals surface area (Å²) in [5.41, 5.74) is 0.736. The molecule has 0 fully saturated rings. The predicted octanol–water partition coefficient (Wildman–Crippen LogP) is 4.36. The van der Waals surface area contributed by atoms with Gasteiger partial charge in [0.25, 0.3) is 0 Å². The number of benzene rings is 1. The molecule has 1 aromatic heterocycles. The fourth-order valence-electron chi connectivity index (χ4n) is 1.59. The summed E-state index contributed by atoms with van der Waals surface area (Å²) in [6.07, 6.45) is 1.71. The highest BCUT2D eigenvalue weighted by Gasteiger charge is 2.14. The van der Waals surface area contributed by atoms with Crippen molar-refractivity contribution in [3.63, 3.8) is 0 Å². The molecule has 1 aromatic carbocycles. The molecular weight excluding hydrogens is 374 g/mol. The summed E-state index contributed by atoms with van der Waals surface area (Å²) in [7, 11) is 0. The molecule has 0 spiro atoms. The van der Waals surface area contributed by atoms with E-state index in [0.29, 0.717) is 5.75 Å². The van der Waals surface area contributed by atoms with Crippen LogP contribution in [0.15, 0.2) is 33.3 Å². The molecule has 1 heterocycles. The number of fused-ring (bicyclic) bond motifs is 1. The summed E-state index contributed by atoms with van der Waals surface area (Å²) in [6, 6.07) is 5.72. The number of aromatic nitrogens is 1. The van der Waals surface area contributed by atoms with Gasteiger partial charge < -0.3 is 4.74 Å². The van der Waals surface area contributed by atoms with Gasteiger partial charge in [0.2, 0.25) is 0 Å². The highest BCUT2D eigenvalue weighted by Crippen LogP contribution is 2.37. The Morgan fingerprint density at radius 2 is 2.11 bits per heavy atom.